The van der Waals surface area contributed by atoms with Crippen molar-refractivity contribution in [3.63, 3.8) is 0 Å². The fourth-order valence-corrected chi connectivity index (χ4v) is 2.28. The van der Waals surface area contributed by atoms with E-state index < -0.39 is 0 Å². The van der Waals surface area contributed by atoms with Crippen molar-refractivity contribution >= 4 is 6.08 Å². The smallest absolute Gasteiger partial charge is 0.0409 e. The fourth-order valence-electron chi connectivity index (χ4n) is 2.28. The predicted molar refractivity (Wildman–Crippen MR) is 72.2 cm³/mol. The normalized spacial score (nSPS) is 11.4. The van der Waals surface area contributed by atoms with Crippen molar-refractivity contribution in [2.45, 2.75) is 45.1 Å². The van der Waals surface area contributed by atoms with E-state index in [1.54, 1.807) is 0 Å². The number of nitrogens with two attached hydrogens (primary N) is 1. The third-order valence-corrected chi connectivity index (χ3v) is 3.09. The average molecular weight is 217 g/mol. The molecule has 0 unspecified atom stereocenters. The van der Waals surface area contributed by atoms with E-state index in [0.717, 1.165) is 31.2 Å². The lowest BCUT2D eigenvalue weighted by Crippen LogP contribution is -2.36. The second-order valence-corrected chi connectivity index (χ2v) is 4.49. The molecule has 0 fully saturated rings. The Kier molecular flexibility index (Phi) is 4.75. The van der Waals surface area contributed by atoms with Crippen LogP contribution in [0.15, 0.2) is 30.8 Å². The van der Waals surface area contributed by atoms with E-state index in [1.807, 2.05) is 6.08 Å². The summed E-state index contributed by atoms with van der Waals surface area (Å²) in [6, 6.07) is 8.44. The Morgan fingerprint density at radius 1 is 1.25 bits per heavy atom. The molecule has 16 heavy (non-hydrogen) atoms. The van der Waals surface area contributed by atoms with E-state index in [1.165, 1.54) is 5.56 Å². The van der Waals surface area contributed by atoms with Crippen molar-refractivity contribution in [3.05, 3.63) is 42.0 Å². The maximum atomic E-state index is 6.53. The maximum Gasteiger partial charge on any atom is 0.0409 e. The minimum atomic E-state index is -0.164. The van der Waals surface area contributed by atoms with Gasteiger partial charge in [0.25, 0.3) is 0 Å². The molecular formula is C15H23N. The van der Waals surface area contributed by atoms with Crippen molar-refractivity contribution in [1.82, 2.24) is 0 Å². The molecule has 0 aliphatic rings. The molecule has 0 heterocycles. The van der Waals surface area contributed by atoms with Gasteiger partial charge in [0.15, 0.2) is 0 Å². The minimum absolute atomic E-state index is 0.164. The van der Waals surface area contributed by atoms with Crippen molar-refractivity contribution in [1.29, 1.82) is 0 Å². The summed E-state index contributed by atoms with van der Waals surface area (Å²) < 4.78 is 0. The van der Waals surface area contributed by atoms with Gasteiger partial charge in [-0.2, -0.15) is 0 Å². The summed E-state index contributed by atoms with van der Waals surface area (Å²) in [5, 5.41) is 0. The number of benzene rings is 1. The molecular weight excluding hydrogens is 194 g/mol. The third-order valence-electron chi connectivity index (χ3n) is 3.09. The molecule has 0 spiro atoms. The lowest BCUT2D eigenvalue weighted by Gasteiger charge is -2.30. The summed E-state index contributed by atoms with van der Waals surface area (Å²) in [4.78, 5) is 0. The molecule has 1 heteroatoms. The zero-order chi connectivity index (χ0) is 12.0. The van der Waals surface area contributed by atoms with Gasteiger partial charge in [-0.05, 0) is 30.0 Å². The van der Waals surface area contributed by atoms with Crippen LogP contribution in [0.3, 0.4) is 0 Å². The number of hydrogen-bond donors (Lipinski definition) is 1. The Hall–Kier alpha value is -1.08. The highest BCUT2D eigenvalue weighted by molar-refractivity contribution is 5.49. The lowest BCUT2D eigenvalue weighted by molar-refractivity contribution is 0.369. The van der Waals surface area contributed by atoms with E-state index in [9.17, 15) is 0 Å². The Labute approximate surface area is 99.4 Å². The van der Waals surface area contributed by atoms with Crippen LogP contribution >= 0.6 is 0 Å². The predicted octanol–water partition coefficient (Wildman–Crippen LogP) is 4.08. The second kappa shape index (κ2) is 5.86. The van der Waals surface area contributed by atoms with Crippen molar-refractivity contribution in [2.24, 2.45) is 5.73 Å². The molecule has 0 saturated heterocycles. The largest absolute Gasteiger partial charge is 0.321 e. The van der Waals surface area contributed by atoms with Gasteiger partial charge >= 0.3 is 0 Å². The molecule has 0 atom stereocenters. The van der Waals surface area contributed by atoms with Crippen molar-refractivity contribution < 1.29 is 0 Å². The summed E-state index contributed by atoms with van der Waals surface area (Å²) in [6.07, 6.45) is 6.20. The first-order valence-electron chi connectivity index (χ1n) is 6.18. The maximum absolute atomic E-state index is 6.53. The average Bonchev–Trinajstić information content (AvgIpc) is 2.30. The Bertz CT molecular complexity index is 335. The van der Waals surface area contributed by atoms with Crippen LogP contribution in [0.2, 0.25) is 0 Å². The highest BCUT2D eigenvalue weighted by Crippen LogP contribution is 2.29. The van der Waals surface area contributed by atoms with Crippen LogP contribution < -0.4 is 5.73 Å². The minimum Gasteiger partial charge on any atom is -0.321 e. The van der Waals surface area contributed by atoms with Gasteiger partial charge in [-0.3, -0.25) is 0 Å². The van der Waals surface area contributed by atoms with Gasteiger partial charge < -0.3 is 5.73 Å². The SMILES string of the molecule is C=Cc1cccc(C(N)(CCC)CCC)c1. The Morgan fingerprint density at radius 2 is 1.88 bits per heavy atom. The van der Waals surface area contributed by atoms with Crippen LogP contribution in [0.5, 0.6) is 0 Å². The van der Waals surface area contributed by atoms with E-state index in [4.69, 9.17) is 5.73 Å². The Balaban J connectivity index is 3.04. The van der Waals surface area contributed by atoms with Gasteiger partial charge in [0, 0.05) is 5.54 Å². The molecule has 1 nitrogen and oxygen atoms in total. The molecule has 0 aromatic heterocycles. The van der Waals surface area contributed by atoms with E-state index in [2.05, 4.69) is 44.7 Å². The van der Waals surface area contributed by atoms with Crippen LogP contribution in [0.1, 0.15) is 50.7 Å². The zero-order valence-corrected chi connectivity index (χ0v) is 10.5. The molecule has 2 N–H and O–H groups in total. The summed E-state index contributed by atoms with van der Waals surface area (Å²) in [5.74, 6) is 0. The summed E-state index contributed by atoms with van der Waals surface area (Å²) >= 11 is 0. The van der Waals surface area contributed by atoms with Gasteiger partial charge in [0.1, 0.15) is 0 Å². The number of hydrogen-bond acceptors (Lipinski definition) is 1. The first-order chi connectivity index (χ1) is 7.66. The molecule has 1 rings (SSSR count). The van der Waals surface area contributed by atoms with Gasteiger partial charge in [0.05, 0.1) is 0 Å². The van der Waals surface area contributed by atoms with Crippen molar-refractivity contribution in [2.75, 3.05) is 0 Å². The molecule has 1 aromatic rings. The standard InChI is InChI=1S/C15H23N/c1-4-10-15(16,11-5-2)14-9-7-8-13(6-3)12-14/h6-9,12H,3-5,10-11,16H2,1-2H3. The molecule has 0 aliphatic heterocycles. The fraction of sp³-hybridized carbons (Fsp3) is 0.467. The third kappa shape index (κ3) is 2.96. The van der Waals surface area contributed by atoms with Gasteiger partial charge in [-0.1, -0.05) is 57.5 Å². The quantitative estimate of drug-likeness (QED) is 0.763. The Morgan fingerprint density at radius 3 is 2.38 bits per heavy atom. The van der Waals surface area contributed by atoms with Gasteiger partial charge in [-0.25, -0.2) is 0 Å². The summed E-state index contributed by atoms with van der Waals surface area (Å²) in [6.45, 7) is 8.18. The van der Waals surface area contributed by atoms with Crippen LogP contribution in [0.4, 0.5) is 0 Å². The summed E-state index contributed by atoms with van der Waals surface area (Å²) in [7, 11) is 0. The molecule has 0 radical (unpaired) electrons. The number of rotatable bonds is 6. The molecule has 88 valence electrons. The molecule has 0 amide bonds. The monoisotopic (exact) mass is 217 g/mol. The molecule has 0 saturated carbocycles. The topological polar surface area (TPSA) is 26.0 Å². The molecule has 1 aromatic carbocycles. The zero-order valence-electron chi connectivity index (χ0n) is 10.5. The van der Waals surface area contributed by atoms with Gasteiger partial charge in [0.2, 0.25) is 0 Å². The van der Waals surface area contributed by atoms with Crippen LogP contribution in [0, 0.1) is 0 Å². The molecule has 0 bridgehead atoms. The van der Waals surface area contributed by atoms with Crippen molar-refractivity contribution in [3.8, 4) is 0 Å². The first-order valence-corrected chi connectivity index (χ1v) is 6.18. The second-order valence-electron chi connectivity index (χ2n) is 4.49. The van der Waals surface area contributed by atoms with Crippen LogP contribution in [-0.2, 0) is 5.54 Å². The van der Waals surface area contributed by atoms with E-state index in [0.29, 0.717) is 0 Å². The van der Waals surface area contributed by atoms with Gasteiger partial charge in [-0.15, -0.1) is 0 Å². The molecule has 0 aliphatic carbocycles. The van der Waals surface area contributed by atoms with Crippen LogP contribution in [0.25, 0.3) is 6.08 Å². The highest BCUT2D eigenvalue weighted by Gasteiger charge is 2.25. The van der Waals surface area contributed by atoms with E-state index in [-0.39, 0.29) is 5.54 Å². The summed E-state index contributed by atoms with van der Waals surface area (Å²) in [5.41, 5.74) is 8.76. The van der Waals surface area contributed by atoms with E-state index >= 15 is 0 Å². The van der Waals surface area contributed by atoms with Crippen LogP contribution in [-0.4, -0.2) is 0 Å². The lowest BCUT2D eigenvalue weighted by atomic mass is 9.82. The highest BCUT2D eigenvalue weighted by atomic mass is 14.7. The first kappa shape index (κ1) is 13.0.